The van der Waals surface area contributed by atoms with E-state index in [1.165, 1.54) is 4.90 Å². The highest BCUT2D eigenvalue weighted by atomic mass is 16.5. The van der Waals surface area contributed by atoms with Crippen molar-refractivity contribution in [2.45, 2.75) is 26.7 Å². The van der Waals surface area contributed by atoms with Crippen LogP contribution in [0.3, 0.4) is 0 Å². The fourth-order valence-corrected chi connectivity index (χ4v) is 3.40. The number of hydrogen-bond donors (Lipinski definition) is 1. The average Bonchev–Trinajstić information content (AvgIpc) is 2.92. The summed E-state index contributed by atoms with van der Waals surface area (Å²) in [5.41, 5.74) is 2.96. The molecule has 0 spiro atoms. The summed E-state index contributed by atoms with van der Waals surface area (Å²) in [4.78, 5) is 25.2. The molecule has 0 saturated heterocycles. The van der Waals surface area contributed by atoms with Gasteiger partial charge in [0.25, 0.3) is 5.91 Å². The van der Waals surface area contributed by atoms with Crippen LogP contribution < -0.4 is 14.2 Å². The molecule has 0 aliphatic rings. The second-order valence-corrected chi connectivity index (χ2v) is 8.07. The lowest BCUT2D eigenvalue weighted by atomic mass is 10.0. The van der Waals surface area contributed by atoms with E-state index in [0.717, 1.165) is 16.7 Å². The average molecular weight is 506 g/mol. The summed E-state index contributed by atoms with van der Waals surface area (Å²) in [6.45, 7) is 4.00. The summed E-state index contributed by atoms with van der Waals surface area (Å²) in [7, 11) is 6.58. The molecule has 1 N–H and O–H groups in total. The number of methoxy groups -OCH3 is 2. The molecule has 7 heteroatoms. The Morgan fingerprint density at radius 2 is 1.32 bits per heavy atom. The largest absolute Gasteiger partial charge is 0.497 e. The Kier molecular flexibility index (Phi) is 11.2. The van der Waals surface area contributed by atoms with E-state index >= 15 is 0 Å². The Morgan fingerprint density at radius 3 is 1.78 bits per heavy atom. The molecule has 1 amide bonds. The summed E-state index contributed by atoms with van der Waals surface area (Å²) in [6, 6.07) is 20.0. The van der Waals surface area contributed by atoms with Crippen LogP contribution in [-0.2, 0) is 16.0 Å². The molecule has 0 bridgehead atoms. The van der Waals surface area contributed by atoms with Crippen molar-refractivity contribution < 1.29 is 28.9 Å². The Morgan fingerprint density at radius 1 is 0.811 bits per heavy atom. The number of aryl methyl sites for hydroxylation is 1. The molecule has 0 atom stereocenters. The van der Waals surface area contributed by atoms with E-state index in [4.69, 9.17) is 19.3 Å². The predicted octanol–water partition coefficient (Wildman–Crippen LogP) is 6.17. The quantitative estimate of drug-likeness (QED) is 0.262. The SMILES string of the molecule is CC.COc1cc(/C=C(/C(=O)N(C)C)c2ccc(Oc3ccc(CCC(=O)O)cc3)cc2)cc(OC)c1. The topological polar surface area (TPSA) is 85.3 Å². The zero-order valence-corrected chi connectivity index (χ0v) is 22.3. The minimum Gasteiger partial charge on any atom is -0.497 e. The lowest BCUT2D eigenvalue weighted by molar-refractivity contribution is -0.137. The van der Waals surface area contributed by atoms with Gasteiger partial charge in [0.2, 0.25) is 0 Å². The number of likely N-dealkylation sites (N-methyl/N-ethyl adjacent to an activating group) is 1. The number of carbonyl (C=O) groups is 2. The van der Waals surface area contributed by atoms with Crippen LogP contribution in [0, 0.1) is 0 Å². The number of nitrogens with zero attached hydrogens (tertiary/aromatic N) is 1. The summed E-state index contributed by atoms with van der Waals surface area (Å²) in [5, 5.41) is 8.82. The third-order valence-electron chi connectivity index (χ3n) is 5.27. The lowest BCUT2D eigenvalue weighted by Crippen LogP contribution is -2.22. The molecule has 196 valence electrons. The zero-order valence-electron chi connectivity index (χ0n) is 22.3. The van der Waals surface area contributed by atoms with Crippen LogP contribution in [0.5, 0.6) is 23.0 Å². The molecule has 0 saturated carbocycles. The van der Waals surface area contributed by atoms with Gasteiger partial charge in [0.05, 0.1) is 14.2 Å². The first kappa shape index (κ1) is 29.0. The molecule has 0 fully saturated rings. The van der Waals surface area contributed by atoms with Crippen LogP contribution in [0.1, 0.15) is 37.0 Å². The van der Waals surface area contributed by atoms with Gasteiger partial charge in [-0.3, -0.25) is 9.59 Å². The number of carboxylic acid groups (broad SMARTS) is 1. The third-order valence-corrected chi connectivity index (χ3v) is 5.27. The number of ether oxygens (including phenoxy) is 3. The lowest BCUT2D eigenvalue weighted by Gasteiger charge is -2.15. The van der Waals surface area contributed by atoms with Gasteiger partial charge in [0, 0.05) is 32.2 Å². The van der Waals surface area contributed by atoms with Gasteiger partial charge >= 0.3 is 5.97 Å². The van der Waals surface area contributed by atoms with Crippen LogP contribution in [0.4, 0.5) is 0 Å². The molecule has 3 rings (SSSR count). The maximum Gasteiger partial charge on any atom is 0.303 e. The summed E-state index contributed by atoms with van der Waals surface area (Å²) < 4.78 is 16.6. The maximum absolute atomic E-state index is 13.0. The second kappa shape index (κ2) is 14.3. The molecule has 0 radical (unpaired) electrons. The molecular weight excluding hydrogens is 470 g/mol. The molecule has 3 aromatic carbocycles. The van der Waals surface area contributed by atoms with E-state index in [-0.39, 0.29) is 12.3 Å². The van der Waals surface area contributed by atoms with Crippen molar-refractivity contribution in [1.82, 2.24) is 4.90 Å². The summed E-state index contributed by atoms with van der Waals surface area (Å²) in [6.07, 6.45) is 2.36. The predicted molar refractivity (Wildman–Crippen MR) is 146 cm³/mol. The molecule has 0 aliphatic heterocycles. The molecule has 0 aliphatic carbocycles. The van der Waals surface area contributed by atoms with Crippen LogP contribution in [-0.4, -0.2) is 50.2 Å². The van der Waals surface area contributed by atoms with Gasteiger partial charge < -0.3 is 24.2 Å². The molecule has 37 heavy (non-hydrogen) atoms. The van der Waals surface area contributed by atoms with Gasteiger partial charge in [-0.15, -0.1) is 0 Å². The van der Waals surface area contributed by atoms with Crippen LogP contribution in [0.15, 0.2) is 66.7 Å². The van der Waals surface area contributed by atoms with Crippen molar-refractivity contribution in [3.05, 3.63) is 83.4 Å². The number of carboxylic acids is 1. The van der Waals surface area contributed by atoms with Crippen LogP contribution >= 0.6 is 0 Å². The van der Waals surface area contributed by atoms with Crippen molar-refractivity contribution in [1.29, 1.82) is 0 Å². The number of hydrogen-bond acceptors (Lipinski definition) is 5. The highest BCUT2D eigenvalue weighted by Crippen LogP contribution is 2.29. The highest BCUT2D eigenvalue weighted by molar-refractivity contribution is 6.24. The van der Waals surface area contributed by atoms with Crippen molar-refractivity contribution >= 4 is 23.5 Å². The van der Waals surface area contributed by atoms with Crippen molar-refractivity contribution in [3.63, 3.8) is 0 Å². The second-order valence-electron chi connectivity index (χ2n) is 8.07. The van der Waals surface area contributed by atoms with E-state index in [1.54, 1.807) is 52.6 Å². The minimum absolute atomic E-state index is 0.0890. The third kappa shape index (κ3) is 8.72. The minimum atomic E-state index is -0.822. The number of carbonyl (C=O) groups excluding carboxylic acids is 1. The van der Waals surface area contributed by atoms with Crippen molar-refractivity contribution in [2.24, 2.45) is 0 Å². The van der Waals surface area contributed by atoms with Gasteiger partial charge in [-0.25, -0.2) is 0 Å². The van der Waals surface area contributed by atoms with Gasteiger partial charge in [0.1, 0.15) is 23.0 Å². The first-order valence-electron chi connectivity index (χ1n) is 12.0. The summed E-state index contributed by atoms with van der Waals surface area (Å²) in [5.74, 6) is 1.55. The monoisotopic (exact) mass is 505 g/mol. The fraction of sp³-hybridized carbons (Fsp3) is 0.267. The molecule has 0 heterocycles. The molecule has 7 nitrogen and oxygen atoms in total. The summed E-state index contributed by atoms with van der Waals surface area (Å²) >= 11 is 0. The number of aliphatic carboxylic acids is 1. The number of rotatable bonds is 10. The first-order valence-corrected chi connectivity index (χ1v) is 12.0. The number of amides is 1. The van der Waals surface area contributed by atoms with Gasteiger partial charge in [-0.2, -0.15) is 0 Å². The van der Waals surface area contributed by atoms with E-state index in [0.29, 0.717) is 35.0 Å². The van der Waals surface area contributed by atoms with Crippen LogP contribution in [0.2, 0.25) is 0 Å². The zero-order chi connectivity index (χ0) is 27.4. The van der Waals surface area contributed by atoms with E-state index < -0.39 is 5.97 Å². The van der Waals surface area contributed by atoms with E-state index in [9.17, 15) is 9.59 Å². The smallest absolute Gasteiger partial charge is 0.303 e. The van der Waals surface area contributed by atoms with Crippen molar-refractivity contribution in [2.75, 3.05) is 28.3 Å². The molecular formula is C30H35NO6. The number of benzene rings is 3. The molecule has 3 aromatic rings. The fourth-order valence-electron chi connectivity index (χ4n) is 3.40. The van der Waals surface area contributed by atoms with E-state index in [2.05, 4.69) is 0 Å². The Labute approximate surface area is 218 Å². The Hall–Kier alpha value is -4.26. The van der Waals surface area contributed by atoms with Gasteiger partial charge in [0.15, 0.2) is 0 Å². The normalized spacial score (nSPS) is 10.6. The molecule has 0 unspecified atom stereocenters. The van der Waals surface area contributed by atoms with Crippen molar-refractivity contribution in [3.8, 4) is 23.0 Å². The van der Waals surface area contributed by atoms with Crippen LogP contribution in [0.25, 0.3) is 11.6 Å². The first-order chi connectivity index (χ1) is 17.8. The Bertz CT molecular complexity index is 1180. The highest BCUT2D eigenvalue weighted by Gasteiger charge is 2.15. The standard InChI is InChI=1S/C28H29NO6.C2H6/c1-29(2)28(32)26(17-20-15-24(33-3)18-25(16-20)34-4)21-8-12-23(13-9-21)35-22-10-5-19(6-11-22)7-14-27(30)31;1-2/h5-6,8-13,15-18H,7,14H2,1-4H3,(H,30,31);1-2H3/b26-17+;. The maximum atomic E-state index is 13.0. The Balaban J connectivity index is 0.00000235. The molecule has 0 aromatic heterocycles. The van der Waals surface area contributed by atoms with E-state index in [1.807, 2.05) is 62.4 Å². The van der Waals surface area contributed by atoms with Gasteiger partial charge in [-0.05, 0) is 65.6 Å². The van der Waals surface area contributed by atoms with Gasteiger partial charge in [-0.1, -0.05) is 38.1 Å².